The van der Waals surface area contributed by atoms with E-state index in [9.17, 15) is 0 Å². The van der Waals surface area contributed by atoms with Gasteiger partial charge in [0.15, 0.2) is 5.76 Å². The van der Waals surface area contributed by atoms with Gasteiger partial charge in [0.2, 0.25) is 0 Å². The Morgan fingerprint density at radius 2 is 1.92 bits per heavy atom. The molecule has 1 aliphatic rings. The lowest BCUT2D eigenvalue weighted by molar-refractivity contribution is 0.290. The molecule has 6 heteroatoms. The van der Waals surface area contributed by atoms with E-state index in [1.165, 1.54) is 6.42 Å². The number of aromatic nitrogens is 2. The molecule has 0 bridgehead atoms. The van der Waals surface area contributed by atoms with Crippen LogP contribution in [0.4, 0.5) is 0 Å². The predicted octanol–water partition coefficient (Wildman–Crippen LogP) is 3.68. The molecule has 0 radical (unpaired) electrons. The summed E-state index contributed by atoms with van der Waals surface area (Å²) in [5, 5.41) is 7.07. The van der Waals surface area contributed by atoms with Crippen LogP contribution in [0.3, 0.4) is 0 Å². The Morgan fingerprint density at radius 1 is 1.21 bits per heavy atom. The molecule has 1 aromatic carbocycles. The summed E-state index contributed by atoms with van der Waals surface area (Å²) in [5.41, 5.74) is 3.72. The summed E-state index contributed by atoms with van der Waals surface area (Å²) >= 11 is 6.13. The molecule has 24 heavy (non-hydrogen) atoms. The third-order valence-corrected chi connectivity index (χ3v) is 3.52. The van der Waals surface area contributed by atoms with Crippen LogP contribution in [0.1, 0.15) is 25.8 Å². The lowest BCUT2D eigenvalue weighted by Gasteiger charge is -2.19. The minimum absolute atomic E-state index is 0.585. The smallest absolute Gasteiger partial charge is 0.159 e. The molecule has 2 N–H and O–H groups in total. The van der Waals surface area contributed by atoms with Crippen LogP contribution in [0.5, 0.6) is 0 Å². The SMILES string of the molecule is CCC.COC1=C(Cl)CNC=C1NCc1ccc2nccnc2c1. The second-order valence-corrected chi connectivity index (χ2v) is 5.77. The van der Waals surface area contributed by atoms with E-state index in [1.807, 2.05) is 24.4 Å². The van der Waals surface area contributed by atoms with Gasteiger partial charge < -0.3 is 15.4 Å². The Morgan fingerprint density at radius 3 is 2.62 bits per heavy atom. The van der Waals surface area contributed by atoms with Gasteiger partial charge in [-0.25, -0.2) is 0 Å². The number of hydrogen-bond acceptors (Lipinski definition) is 5. The largest absolute Gasteiger partial charge is 0.493 e. The molecule has 1 aromatic heterocycles. The van der Waals surface area contributed by atoms with Crippen LogP contribution in [0.25, 0.3) is 11.0 Å². The van der Waals surface area contributed by atoms with E-state index < -0.39 is 0 Å². The van der Waals surface area contributed by atoms with E-state index in [1.54, 1.807) is 19.5 Å². The number of ether oxygens (including phenoxy) is 1. The number of rotatable bonds is 4. The number of dihydropyridines is 1. The monoisotopic (exact) mass is 346 g/mol. The van der Waals surface area contributed by atoms with Crippen molar-refractivity contribution in [2.45, 2.75) is 26.8 Å². The normalized spacial score (nSPS) is 13.6. The number of methoxy groups -OCH3 is 1. The number of hydrogen-bond donors (Lipinski definition) is 2. The Balaban J connectivity index is 0.000000647. The molecule has 0 amide bonds. The first-order valence-corrected chi connectivity index (χ1v) is 8.37. The predicted molar refractivity (Wildman–Crippen MR) is 98.3 cm³/mol. The highest BCUT2D eigenvalue weighted by Gasteiger charge is 2.15. The Labute approximate surface area is 147 Å². The molecule has 0 spiro atoms. The van der Waals surface area contributed by atoms with Gasteiger partial charge in [-0.1, -0.05) is 37.9 Å². The molecule has 128 valence electrons. The van der Waals surface area contributed by atoms with Crippen molar-refractivity contribution < 1.29 is 4.74 Å². The molecule has 0 saturated carbocycles. The van der Waals surface area contributed by atoms with Gasteiger partial charge in [-0.15, -0.1) is 0 Å². The average Bonchev–Trinajstić information content (AvgIpc) is 2.60. The van der Waals surface area contributed by atoms with Crippen LogP contribution >= 0.6 is 11.6 Å². The Hall–Kier alpha value is -2.27. The summed E-state index contributed by atoms with van der Waals surface area (Å²) in [6.45, 7) is 5.48. The van der Waals surface area contributed by atoms with Crippen molar-refractivity contribution >= 4 is 22.6 Å². The highest BCUT2D eigenvalue weighted by molar-refractivity contribution is 6.30. The topological polar surface area (TPSA) is 59.1 Å². The van der Waals surface area contributed by atoms with E-state index in [0.29, 0.717) is 23.9 Å². The highest BCUT2D eigenvalue weighted by atomic mass is 35.5. The number of benzene rings is 1. The molecule has 5 nitrogen and oxygen atoms in total. The van der Waals surface area contributed by atoms with Crippen molar-refractivity contribution in [2.24, 2.45) is 0 Å². The molecule has 0 fully saturated rings. The molecule has 0 unspecified atom stereocenters. The number of fused-ring (bicyclic) bond motifs is 1. The minimum atomic E-state index is 0.585. The number of nitrogens with one attached hydrogen (secondary N) is 2. The molecule has 2 heterocycles. The molecule has 0 saturated heterocycles. The first kappa shape index (κ1) is 18.1. The van der Waals surface area contributed by atoms with Crippen LogP contribution in [0, 0.1) is 0 Å². The summed E-state index contributed by atoms with van der Waals surface area (Å²) in [6, 6.07) is 6.01. The fourth-order valence-corrected chi connectivity index (χ4v) is 2.46. The van der Waals surface area contributed by atoms with Crippen LogP contribution in [0.2, 0.25) is 0 Å². The van der Waals surface area contributed by atoms with Crippen molar-refractivity contribution in [3.05, 3.63) is 58.8 Å². The Kier molecular flexibility index (Phi) is 6.88. The first-order valence-electron chi connectivity index (χ1n) is 7.99. The zero-order valence-corrected chi connectivity index (χ0v) is 15.0. The van der Waals surface area contributed by atoms with Gasteiger partial charge in [-0.3, -0.25) is 9.97 Å². The first-order chi connectivity index (χ1) is 11.7. The zero-order valence-electron chi connectivity index (χ0n) is 14.3. The van der Waals surface area contributed by atoms with E-state index in [2.05, 4.69) is 34.4 Å². The third-order valence-electron chi connectivity index (χ3n) is 3.22. The van der Waals surface area contributed by atoms with Gasteiger partial charge in [0.25, 0.3) is 0 Å². The summed E-state index contributed by atoms with van der Waals surface area (Å²) in [4.78, 5) is 8.57. The summed E-state index contributed by atoms with van der Waals surface area (Å²) in [7, 11) is 1.62. The van der Waals surface area contributed by atoms with Crippen LogP contribution in [0.15, 0.2) is 53.3 Å². The fraction of sp³-hybridized carbons (Fsp3) is 0.333. The van der Waals surface area contributed by atoms with Gasteiger partial charge in [0.1, 0.15) is 0 Å². The molecule has 2 aromatic rings. The lowest BCUT2D eigenvalue weighted by Crippen LogP contribution is -2.25. The fourth-order valence-electron chi connectivity index (χ4n) is 2.20. The number of halogens is 1. The standard InChI is InChI=1S/C15H15ClN4O.C3H8/c1-21-15-11(16)8-17-9-14(15)20-7-10-2-3-12-13(6-10)19-5-4-18-12;1-3-2/h2-6,9,17,20H,7-8H2,1H3;3H2,1-2H3. The summed E-state index contributed by atoms with van der Waals surface area (Å²) in [6.07, 6.45) is 6.50. The summed E-state index contributed by atoms with van der Waals surface area (Å²) in [5.74, 6) is 0.677. The molecule has 3 rings (SSSR count). The third kappa shape index (κ3) is 4.61. The van der Waals surface area contributed by atoms with Crippen molar-refractivity contribution in [1.82, 2.24) is 20.6 Å². The maximum atomic E-state index is 6.13. The number of nitrogens with zero attached hydrogens (tertiary/aromatic N) is 2. The van der Waals surface area contributed by atoms with Gasteiger partial charge in [0.05, 0.1) is 35.4 Å². The average molecular weight is 347 g/mol. The van der Waals surface area contributed by atoms with Crippen molar-refractivity contribution in [3.63, 3.8) is 0 Å². The van der Waals surface area contributed by atoms with Crippen molar-refractivity contribution in [1.29, 1.82) is 0 Å². The zero-order chi connectivity index (χ0) is 17.4. The second kappa shape index (κ2) is 9.13. The van der Waals surface area contributed by atoms with Gasteiger partial charge in [-0.05, 0) is 17.7 Å². The second-order valence-electron chi connectivity index (χ2n) is 5.32. The van der Waals surface area contributed by atoms with Crippen LogP contribution in [-0.4, -0.2) is 23.6 Å². The molecular formula is C18H23ClN4O. The quantitative estimate of drug-likeness (QED) is 0.884. The van der Waals surface area contributed by atoms with E-state index in [-0.39, 0.29) is 0 Å². The van der Waals surface area contributed by atoms with Gasteiger partial charge >= 0.3 is 0 Å². The van der Waals surface area contributed by atoms with Crippen molar-refractivity contribution in [2.75, 3.05) is 13.7 Å². The van der Waals surface area contributed by atoms with Crippen molar-refractivity contribution in [3.8, 4) is 0 Å². The highest BCUT2D eigenvalue weighted by Crippen LogP contribution is 2.20. The lowest BCUT2D eigenvalue weighted by atomic mass is 10.2. The van der Waals surface area contributed by atoms with Crippen LogP contribution in [-0.2, 0) is 11.3 Å². The van der Waals surface area contributed by atoms with Gasteiger partial charge in [-0.2, -0.15) is 0 Å². The van der Waals surface area contributed by atoms with E-state index in [4.69, 9.17) is 16.3 Å². The van der Waals surface area contributed by atoms with E-state index >= 15 is 0 Å². The van der Waals surface area contributed by atoms with Crippen LogP contribution < -0.4 is 10.6 Å². The minimum Gasteiger partial charge on any atom is -0.493 e. The molecular weight excluding hydrogens is 324 g/mol. The molecule has 0 aliphatic carbocycles. The van der Waals surface area contributed by atoms with E-state index in [0.717, 1.165) is 22.3 Å². The molecule has 0 atom stereocenters. The maximum absolute atomic E-state index is 6.13. The Bertz CT molecular complexity index is 743. The molecule has 1 aliphatic heterocycles. The maximum Gasteiger partial charge on any atom is 0.159 e. The summed E-state index contributed by atoms with van der Waals surface area (Å²) < 4.78 is 5.33. The van der Waals surface area contributed by atoms with Gasteiger partial charge in [0, 0.05) is 25.1 Å².